The first-order chi connectivity index (χ1) is 16.2. The highest BCUT2D eigenvalue weighted by Gasteiger charge is 2.21. The van der Waals surface area contributed by atoms with Crippen LogP contribution in [0, 0.1) is 24.2 Å². The predicted molar refractivity (Wildman–Crippen MR) is 147 cm³/mol. The van der Waals surface area contributed by atoms with Crippen molar-refractivity contribution in [2.24, 2.45) is 10.9 Å². The molecule has 0 aromatic heterocycles. The summed E-state index contributed by atoms with van der Waals surface area (Å²) >= 11 is 1.05. The van der Waals surface area contributed by atoms with Gasteiger partial charge in [0.1, 0.15) is 0 Å². The van der Waals surface area contributed by atoms with E-state index in [9.17, 15) is 4.39 Å². The molecule has 0 aliphatic carbocycles. The Kier molecular flexibility index (Phi) is 12.8. The van der Waals surface area contributed by atoms with Gasteiger partial charge >= 0.3 is 0 Å². The van der Waals surface area contributed by atoms with Crippen LogP contribution < -0.4 is 21.5 Å². The Morgan fingerprint density at radius 1 is 1.32 bits per heavy atom. The summed E-state index contributed by atoms with van der Waals surface area (Å²) in [5.74, 6) is 4.53. The van der Waals surface area contributed by atoms with E-state index < -0.39 is 11.9 Å². The molecule has 5 nitrogen and oxygen atoms in total. The fourth-order valence-corrected chi connectivity index (χ4v) is 3.65. The second-order valence-corrected chi connectivity index (χ2v) is 8.34. The molecule has 7 heteroatoms. The zero-order valence-corrected chi connectivity index (χ0v) is 21.3. The maximum absolute atomic E-state index is 14.0. The summed E-state index contributed by atoms with van der Waals surface area (Å²) in [4.78, 5) is 0.691. The molecule has 1 unspecified atom stereocenters. The Morgan fingerprint density at radius 3 is 2.50 bits per heavy atom. The fourth-order valence-electron chi connectivity index (χ4n) is 3.12. The summed E-state index contributed by atoms with van der Waals surface area (Å²) in [6, 6.07) is 7.35. The number of nitrogens with one attached hydrogen (secondary N) is 3. The zero-order valence-electron chi connectivity index (χ0n) is 20.5. The van der Waals surface area contributed by atoms with Crippen molar-refractivity contribution in [3.05, 3.63) is 89.1 Å². The average molecular weight is 482 g/mol. The number of hydrogen-bond donors (Lipinski definition) is 5. The van der Waals surface area contributed by atoms with Gasteiger partial charge in [0.2, 0.25) is 0 Å². The maximum Gasteiger partial charge on any atom is 0.176 e. The van der Waals surface area contributed by atoms with E-state index in [1.165, 1.54) is 6.08 Å². The van der Waals surface area contributed by atoms with E-state index in [0.29, 0.717) is 46.8 Å². The van der Waals surface area contributed by atoms with E-state index in [4.69, 9.17) is 16.3 Å². The molecular weight excluding hydrogens is 445 g/mol. The molecule has 1 rings (SSSR count). The summed E-state index contributed by atoms with van der Waals surface area (Å²) in [7, 11) is 1.79. The third-order valence-corrected chi connectivity index (χ3v) is 5.87. The lowest BCUT2D eigenvalue weighted by Gasteiger charge is -2.23. The predicted octanol–water partition coefficient (Wildman–Crippen LogP) is 5.10. The molecule has 0 radical (unpaired) electrons. The van der Waals surface area contributed by atoms with Crippen LogP contribution in [-0.2, 0) is 0 Å². The van der Waals surface area contributed by atoms with Crippen LogP contribution >= 0.6 is 11.9 Å². The third-order valence-electron chi connectivity index (χ3n) is 5.18. The first-order valence-corrected chi connectivity index (χ1v) is 11.8. The molecule has 0 heterocycles. The Hall–Kier alpha value is -3.05. The van der Waals surface area contributed by atoms with E-state index >= 15 is 0 Å². The van der Waals surface area contributed by atoms with Crippen LogP contribution in [-0.4, -0.2) is 25.3 Å². The number of nitrogens with two attached hydrogens (primary N) is 2. The van der Waals surface area contributed by atoms with E-state index in [-0.39, 0.29) is 0 Å². The molecule has 0 saturated heterocycles. The minimum absolute atomic E-state index is 0.299. The highest BCUT2D eigenvalue weighted by molar-refractivity contribution is 8.06. The molecule has 0 amide bonds. The number of benzene rings is 1. The number of hydrogen-bond acceptors (Lipinski definition) is 6. The van der Waals surface area contributed by atoms with Gasteiger partial charge in [-0.1, -0.05) is 55.0 Å². The van der Waals surface area contributed by atoms with Crippen LogP contribution in [0.4, 0.5) is 4.39 Å². The van der Waals surface area contributed by atoms with Crippen molar-refractivity contribution in [3.8, 4) is 11.8 Å². The summed E-state index contributed by atoms with van der Waals surface area (Å²) < 4.78 is 14.0. The monoisotopic (exact) mass is 481 g/mol. The van der Waals surface area contributed by atoms with E-state index in [0.717, 1.165) is 28.8 Å². The van der Waals surface area contributed by atoms with Gasteiger partial charge in [-0.2, -0.15) is 4.39 Å². The number of allylic oxidation sites excluding steroid dienone is 4. The molecule has 0 spiro atoms. The normalized spacial score (nSPS) is 13.6. The molecule has 0 aliphatic rings. The first-order valence-electron chi connectivity index (χ1n) is 10.9. The maximum atomic E-state index is 14.0. The molecule has 182 valence electrons. The first kappa shape index (κ1) is 29.0. The summed E-state index contributed by atoms with van der Waals surface area (Å²) in [5.41, 5.74) is 11.1. The Balaban J connectivity index is 3.18. The SMILES string of the molecule is C=C/C(CCCNC(C(=C)/C(N)=C(/SN)c1ccc(C)cc1)C(=N)/C=C(/C)NC)=C(/F)C#CC. The molecule has 0 bridgehead atoms. The summed E-state index contributed by atoms with van der Waals surface area (Å²) in [6.45, 7) is 13.9. The zero-order chi connectivity index (χ0) is 25.7. The number of rotatable bonds is 13. The lowest BCUT2D eigenvalue weighted by molar-refractivity contribution is 0.622. The molecule has 34 heavy (non-hydrogen) atoms. The molecule has 0 fully saturated rings. The van der Waals surface area contributed by atoms with Crippen LogP contribution in [0.2, 0.25) is 0 Å². The van der Waals surface area contributed by atoms with E-state index in [1.807, 2.05) is 38.1 Å². The van der Waals surface area contributed by atoms with Gasteiger partial charge in [0.25, 0.3) is 0 Å². The van der Waals surface area contributed by atoms with Crippen LogP contribution in [0.3, 0.4) is 0 Å². The minimum atomic E-state index is -0.549. The van der Waals surface area contributed by atoms with Gasteiger partial charge < -0.3 is 21.8 Å². The van der Waals surface area contributed by atoms with Crippen molar-refractivity contribution in [1.82, 2.24) is 10.6 Å². The molecule has 1 atom stereocenters. The Bertz CT molecular complexity index is 1040. The van der Waals surface area contributed by atoms with Crippen LogP contribution in [0.25, 0.3) is 4.91 Å². The smallest absolute Gasteiger partial charge is 0.176 e. The molecular formula is C27H36FN5S. The highest BCUT2D eigenvalue weighted by atomic mass is 32.2. The summed E-state index contributed by atoms with van der Waals surface area (Å²) in [5, 5.41) is 21.0. The van der Waals surface area contributed by atoms with Gasteiger partial charge in [-0.3, -0.25) is 5.14 Å². The third kappa shape index (κ3) is 8.71. The molecule has 1 aromatic carbocycles. The fraction of sp³-hybridized carbons (Fsp3) is 0.296. The second kappa shape index (κ2) is 15.0. The number of halogens is 1. The lowest BCUT2D eigenvalue weighted by Crippen LogP contribution is -2.39. The van der Waals surface area contributed by atoms with Crippen molar-refractivity contribution < 1.29 is 4.39 Å². The van der Waals surface area contributed by atoms with Gasteiger partial charge in [-0.05, 0) is 80.8 Å². The van der Waals surface area contributed by atoms with Crippen molar-refractivity contribution in [3.63, 3.8) is 0 Å². The Morgan fingerprint density at radius 2 is 1.97 bits per heavy atom. The van der Waals surface area contributed by atoms with Gasteiger partial charge in [0.05, 0.1) is 22.4 Å². The van der Waals surface area contributed by atoms with E-state index in [2.05, 4.69) is 35.6 Å². The average Bonchev–Trinajstić information content (AvgIpc) is 2.82. The standard InChI is InChI=1S/C27H36FN5S/c1-7-10-23(28)21(8-2)11-9-16-33-26(24(29)17-19(4)32-6)20(5)25(30)27(34-31)22-14-12-18(3)13-15-22/h8,12-15,17,26,29,32-33H,2,5,9,11,16,30-31H2,1,3-4,6H3/b19-17-,23-21-,27-25-,29-24?. The molecule has 0 saturated carbocycles. The molecule has 0 aliphatic heterocycles. The largest absolute Gasteiger partial charge is 0.397 e. The number of aryl methyl sites for hydroxylation is 1. The minimum Gasteiger partial charge on any atom is -0.397 e. The lowest BCUT2D eigenvalue weighted by atomic mass is 9.97. The molecule has 1 aromatic rings. The van der Waals surface area contributed by atoms with Gasteiger partial charge in [-0.15, -0.1) is 0 Å². The van der Waals surface area contributed by atoms with E-state index in [1.54, 1.807) is 20.0 Å². The van der Waals surface area contributed by atoms with Gasteiger partial charge in [0, 0.05) is 12.7 Å². The van der Waals surface area contributed by atoms with Crippen molar-refractivity contribution >= 4 is 22.6 Å². The topological polar surface area (TPSA) is 99.9 Å². The van der Waals surface area contributed by atoms with Crippen molar-refractivity contribution in [2.75, 3.05) is 13.6 Å². The molecule has 7 N–H and O–H groups in total. The Labute approximate surface area is 208 Å². The van der Waals surface area contributed by atoms with Gasteiger partial charge in [-0.25, -0.2) is 0 Å². The highest BCUT2D eigenvalue weighted by Crippen LogP contribution is 2.29. The van der Waals surface area contributed by atoms with Crippen molar-refractivity contribution in [2.45, 2.75) is 39.7 Å². The quantitative estimate of drug-likeness (QED) is 0.0887. The van der Waals surface area contributed by atoms with Crippen LogP contribution in [0.15, 0.2) is 77.9 Å². The van der Waals surface area contributed by atoms with Crippen molar-refractivity contribution in [1.29, 1.82) is 5.41 Å². The summed E-state index contributed by atoms with van der Waals surface area (Å²) in [6.07, 6.45) is 4.30. The van der Waals surface area contributed by atoms with Crippen LogP contribution in [0.1, 0.15) is 37.8 Å². The van der Waals surface area contributed by atoms with Gasteiger partial charge in [0.15, 0.2) is 5.83 Å². The van der Waals surface area contributed by atoms with Crippen LogP contribution in [0.5, 0.6) is 0 Å². The second-order valence-electron chi connectivity index (χ2n) is 7.69.